The molecule has 0 atom stereocenters. The number of aromatic hydroxyl groups is 1. The lowest BCUT2D eigenvalue weighted by Crippen LogP contribution is -2.14. The smallest absolute Gasteiger partial charge is 0.380 e. The van der Waals surface area contributed by atoms with Gasteiger partial charge in [-0.15, -0.1) is 0 Å². The molecule has 6 nitrogen and oxygen atoms in total. The van der Waals surface area contributed by atoms with Crippen LogP contribution in [0.15, 0.2) is 23.8 Å². The molecular weight excluding hydrogens is 264 g/mol. The summed E-state index contributed by atoms with van der Waals surface area (Å²) in [5, 5.41) is 18.7. The third-order valence-corrected chi connectivity index (χ3v) is 2.59. The summed E-state index contributed by atoms with van der Waals surface area (Å²) in [7, 11) is 1.11. The van der Waals surface area contributed by atoms with E-state index in [1.807, 2.05) is 13.8 Å². The fourth-order valence-corrected chi connectivity index (χ4v) is 1.62. The van der Waals surface area contributed by atoms with E-state index in [0.717, 1.165) is 13.2 Å². The molecule has 0 fully saturated rings. The van der Waals surface area contributed by atoms with Gasteiger partial charge in [-0.1, -0.05) is 19.9 Å². The zero-order valence-electron chi connectivity index (χ0n) is 11.4. The minimum atomic E-state index is -1.42. The second-order valence-corrected chi connectivity index (χ2v) is 4.37. The summed E-state index contributed by atoms with van der Waals surface area (Å²) in [6, 6.07) is 4.57. The quantitative estimate of drug-likeness (QED) is 0.282. The van der Waals surface area contributed by atoms with Gasteiger partial charge in [0.25, 0.3) is 0 Å². The van der Waals surface area contributed by atoms with Crippen LogP contribution < -0.4 is 0 Å². The van der Waals surface area contributed by atoms with Gasteiger partial charge in [0.2, 0.25) is 0 Å². The van der Waals surface area contributed by atoms with Gasteiger partial charge in [-0.25, -0.2) is 9.59 Å². The lowest BCUT2D eigenvalue weighted by molar-refractivity contribution is -0.250. The van der Waals surface area contributed by atoms with Crippen LogP contribution in [0.3, 0.4) is 0 Å². The van der Waals surface area contributed by atoms with E-state index in [1.54, 1.807) is 6.07 Å². The van der Waals surface area contributed by atoms with Crippen molar-refractivity contribution in [3.63, 3.8) is 0 Å². The van der Waals surface area contributed by atoms with Crippen LogP contribution in [0.4, 0.5) is 0 Å². The number of carboxylic acids is 1. The Kier molecular flexibility index (Phi) is 5.28. The molecule has 0 saturated heterocycles. The van der Waals surface area contributed by atoms with Gasteiger partial charge in [0.15, 0.2) is 0 Å². The molecule has 0 unspecified atom stereocenters. The molecule has 20 heavy (non-hydrogen) atoms. The van der Waals surface area contributed by atoms with Crippen LogP contribution in [0.5, 0.6) is 5.75 Å². The average Bonchev–Trinajstić information content (AvgIpc) is 2.37. The number of carbonyl (C=O) groups excluding carboxylic acids is 1. The van der Waals surface area contributed by atoms with Gasteiger partial charge in [-0.2, -0.15) is 4.89 Å². The van der Waals surface area contributed by atoms with E-state index in [0.29, 0.717) is 11.1 Å². The zero-order valence-corrected chi connectivity index (χ0v) is 11.4. The molecule has 108 valence electrons. The first kappa shape index (κ1) is 15.7. The average molecular weight is 280 g/mol. The molecule has 0 aliphatic carbocycles. The van der Waals surface area contributed by atoms with Gasteiger partial charge in [-0.05, 0) is 35.3 Å². The zero-order chi connectivity index (χ0) is 15.3. The molecule has 0 aliphatic rings. The monoisotopic (exact) mass is 280 g/mol. The Labute approximate surface area is 116 Å². The number of hydrogen-bond donors (Lipinski definition) is 2. The van der Waals surface area contributed by atoms with E-state index in [2.05, 4.69) is 9.78 Å². The number of aliphatic carboxylic acids is 1. The van der Waals surface area contributed by atoms with Crippen LogP contribution in [-0.2, 0) is 19.4 Å². The second kappa shape index (κ2) is 6.72. The lowest BCUT2D eigenvalue weighted by atomic mass is 9.98. The van der Waals surface area contributed by atoms with E-state index in [1.165, 1.54) is 12.1 Å². The van der Waals surface area contributed by atoms with Gasteiger partial charge in [-0.3, -0.25) is 4.89 Å². The van der Waals surface area contributed by atoms with Gasteiger partial charge in [0, 0.05) is 0 Å². The number of benzene rings is 1. The van der Waals surface area contributed by atoms with E-state index in [4.69, 9.17) is 5.11 Å². The van der Waals surface area contributed by atoms with Crippen LogP contribution in [0, 0.1) is 0 Å². The first-order valence-electron chi connectivity index (χ1n) is 5.89. The van der Waals surface area contributed by atoms with Crippen LogP contribution in [0.2, 0.25) is 0 Å². The van der Waals surface area contributed by atoms with Crippen molar-refractivity contribution in [1.82, 2.24) is 0 Å². The maximum atomic E-state index is 11.4. The number of phenols is 1. The molecule has 6 heteroatoms. The minimum Gasteiger partial charge on any atom is -0.508 e. The minimum absolute atomic E-state index is 0.0579. The van der Waals surface area contributed by atoms with Crippen LogP contribution in [0.25, 0.3) is 6.08 Å². The molecule has 2 N–H and O–H groups in total. The van der Waals surface area contributed by atoms with E-state index in [-0.39, 0.29) is 11.7 Å². The third-order valence-electron chi connectivity index (χ3n) is 2.59. The Bertz CT molecular complexity index is 545. The summed E-state index contributed by atoms with van der Waals surface area (Å²) in [4.78, 5) is 30.8. The lowest BCUT2D eigenvalue weighted by Gasteiger charge is -2.09. The number of carboxylic acid groups (broad SMARTS) is 1. The standard InChI is InChI=1S/C14H16O6/c1-8(2)10-6-9(4-5-12(10)15)7-11(13(16)17)14(18)20-19-3/h4-8,15H,1-3H3,(H,16,17). The van der Waals surface area contributed by atoms with Crippen molar-refractivity contribution in [2.45, 2.75) is 19.8 Å². The SMILES string of the molecule is COOC(=O)C(=Cc1ccc(O)c(C(C)C)c1)C(=O)O. The maximum Gasteiger partial charge on any atom is 0.380 e. The molecule has 1 aromatic carbocycles. The molecule has 0 radical (unpaired) electrons. The molecule has 0 aliphatic heterocycles. The number of hydrogen-bond acceptors (Lipinski definition) is 5. The predicted octanol–water partition coefficient (Wildman–Crippen LogP) is 2.09. The Hall–Kier alpha value is -2.34. The molecule has 0 aromatic heterocycles. The summed E-state index contributed by atoms with van der Waals surface area (Å²) < 4.78 is 0. The van der Waals surface area contributed by atoms with E-state index >= 15 is 0 Å². The highest BCUT2D eigenvalue weighted by atomic mass is 17.2. The van der Waals surface area contributed by atoms with Crippen molar-refractivity contribution in [3.05, 3.63) is 34.9 Å². The molecular formula is C14H16O6. The number of phenolic OH excluding ortho intramolecular Hbond substituents is 1. The summed E-state index contributed by atoms with van der Waals surface area (Å²) in [6.07, 6.45) is 1.16. The van der Waals surface area contributed by atoms with Crippen molar-refractivity contribution in [2.24, 2.45) is 0 Å². The highest BCUT2D eigenvalue weighted by molar-refractivity contribution is 6.16. The molecule has 0 heterocycles. The molecule has 0 saturated carbocycles. The first-order chi connectivity index (χ1) is 9.36. The van der Waals surface area contributed by atoms with Crippen LogP contribution >= 0.6 is 0 Å². The Morgan fingerprint density at radius 3 is 2.45 bits per heavy atom. The first-order valence-corrected chi connectivity index (χ1v) is 5.89. The fraction of sp³-hybridized carbons (Fsp3) is 0.286. The van der Waals surface area contributed by atoms with Crippen molar-refractivity contribution < 1.29 is 29.6 Å². The summed E-state index contributed by atoms with van der Waals surface area (Å²) in [5.41, 5.74) is 0.563. The summed E-state index contributed by atoms with van der Waals surface area (Å²) >= 11 is 0. The molecule has 0 spiro atoms. The van der Waals surface area contributed by atoms with Gasteiger partial charge >= 0.3 is 11.9 Å². The largest absolute Gasteiger partial charge is 0.508 e. The van der Waals surface area contributed by atoms with Crippen molar-refractivity contribution in [1.29, 1.82) is 0 Å². The Morgan fingerprint density at radius 2 is 1.95 bits per heavy atom. The number of carbonyl (C=O) groups is 2. The highest BCUT2D eigenvalue weighted by Crippen LogP contribution is 2.27. The van der Waals surface area contributed by atoms with E-state index in [9.17, 15) is 14.7 Å². The second-order valence-electron chi connectivity index (χ2n) is 4.37. The van der Waals surface area contributed by atoms with Gasteiger partial charge in [0.1, 0.15) is 11.3 Å². The molecule has 0 amide bonds. The highest BCUT2D eigenvalue weighted by Gasteiger charge is 2.20. The van der Waals surface area contributed by atoms with Crippen LogP contribution in [0.1, 0.15) is 30.9 Å². The van der Waals surface area contributed by atoms with E-state index < -0.39 is 17.5 Å². The van der Waals surface area contributed by atoms with Crippen molar-refractivity contribution in [2.75, 3.05) is 7.11 Å². The topological polar surface area (TPSA) is 93.1 Å². The molecule has 0 bridgehead atoms. The van der Waals surface area contributed by atoms with Crippen molar-refractivity contribution >= 4 is 18.0 Å². The fourth-order valence-electron chi connectivity index (χ4n) is 1.62. The number of rotatable bonds is 5. The Morgan fingerprint density at radius 1 is 1.30 bits per heavy atom. The molecule has 1 rings (SSSR count). The predicted molar refractivity (Wildman–Crippen MR) is 70.9 cm³/mol. The summed E-state index contributed by atoms with van der Waals surface area (Å²) in [6.45, 7) is 3.78. The van der Waals surface area contributed by atoms with Gasteiger partial charge in [0.05, 0.1) is 7.11 Å². The normalized spacial score (nSPS) is 11.5. The van der Waals surface area contributed by atoms with Crippen molar-refractivity contribution in [3.8, 4) is 5.75 Å². The van der Waals surface area contributed by atoms with Crippen LogP contribution in [-0.4, -0.2) is 29.3 Å². The molecule has 1 aromatic rings. The van der Waals surface area contributed by atoms with Gasteiger partial charge < -0.3 is 10.2 Å². The third kappa shape index (κ3) is 3.83. The maximum absolute atomic E-state index is 11.4. The summed E-state index contributed by atoms with van der Waals surface area (Å²) in [5.74, 6) is -2.35. The Balaban J connectivity index is 3.21.